The second kappa shape index (κ2) is 5.61. The van der Waals surface area contributed by atoms with Crippen molar-refractivity contribution in [3.63, 3.8) is 0 Å². The highest BCUT2D eigenvalue weighted by molar-refractivity contribution is 7.86. The second-order valence-electron chi connectivity index (χ2n) is 4.13. The van der Waals surface area contributed by atoms with Crippen LogP contribution in [0.3, 0.4) is 0 Å². The molecule has 0 aromatic heterocycles. The van der Waals surface area contributed by atoms with Gasteiger partial charge in [-0.25, -0.2) is 0 Å². The number of hydrogen-bond acceptors (Lipinski definition) is 3. The molecule has 7 heteroatoms. The minimum absolute atomic E-state index is 0.0730. The molecule has 2 rings (SSSR count). The van der Waals surface area contributed by atoms with E-state index in [1.165, 1.54) is 24.3 Å². The number of hydrogen-bond donors (Lipinski definition) is 2. The Bertz CT molecular complexity index is 730. The van der Waals surface area contributed by atoms with Crippen molar-refractivity contribution in [1.82, 2.24) is 0 Å². The molecular weight excluding hydrogens is 323 g/mol. The van der Waals surface area contributed by atoms with E-state index in [9.17, 15) is 18.1 Å². The fourth-order valence-electron chi connectivity index (χ4n) is 1.93. The molecule has 0 heterocycles. The molecule has 0 amide bonds. The third-order valence-electron chi connectivity index (χ3n) is 2.74. The van der Waals surface area contributed by atoms with E-state index in [2.05, 4.69) is 0 Å². The average Bonchev–Trinajstić information content (AvgIpc) is 2.35. The van der Waals surface area contributed by atoms with Gasteiger partial charge in [0.05, 0.1) is 5.02 Å². The molecule has 2 aromatic rings. The highest BCUT2D eigenvalue weighted by Crippen LogP contribution is 2.40. The van der Waals surface area contributed by atoms with Gasteiger partial charge in [0.2, 0.25) is 0 Å². The first-order valence-electron chi connectivity index (χ1n) is 5.50. The molecule has 0 aliphatic heterocycles. The Labute approximate surface area is 126 Å². The summed E-state index contributed by atoms with van der Waals surface area (Å²) >= 11 is 11.6. The van der Waals surface area contributed by atoms with Crippen molar-refractivity contribution in [2.75, 3.05) is 0 Å². The maximum atomic E-state index is 11.7. The van der Waals surface area contributed by atoms with Crippen molar-refractivity contribution in [3.8, 4) is 5.75 Å². The SMILES string of the molecule is O=S(=O)(O)C(c1ccccc1)c1cc(Cl)cc(Cl)c1O. The summed E-state index contributed by atoms with van der Waals surface area (Å²) < 4.78 is 32.8. The van der Waals surface area contributed by atoms with E-state index in [-0.39, 0.29) is 15.6 Å². The van der Waals surface area contributed by atoms with Crippen LogP contribution in [0.25, 0.3) is 0 Å². The molecule has 0 saturated heterocycles. The monoisotopic (exact) mass is 332 g/mol. The Hall–Kier alpha value is -1.27. The maximum Gasteiger partial charge on any atom is 0.276 e. The maximum absolute atomic E-state index is 11.7. The van der Waals surface area contributed by atoms with Crippen LogP contribution in [0.2, 0.25) is 10.0 Å². The van der Waals surface area contributed by atoms with Gasteiger partial charge in [0.15, 0.2) is 0 Å². The van der Waals surface area contributed by atoms with Gasteiger partial charge in [-0.05, 0) is 17.7 Å². The molecule has 0 radical (unpaired) electrons. The first kappa shape index (κ1) is 15.1. The van der Waals surface area contributed by atoms with E-state index < -0.39 is 21.1 Å². The molecule has 2 aromatic carbocycles. The Morgan fingerprint density at radius 2 is 1.65 bits per heavy atom. The fraction of sp³-hybridized carbons (Fsp3) is 0.0769. The van der Waals surface area contributed by atoms with Crippen LogP contribution in [0.15, 0.2) is 42.5 Å². The number of phenolic OH excluding ortho intramolecular Hbond substituents is 1. The molecule has 0 saturated carbocycles. The summed E-state index contributed by atoms with van der Waals surface area (Å²) in [6.07, 6.45) is 0. The summed E-state index contributed by atoms with van der Waals surface area (Å²) in [5, 5.41) is 8.57. The number of phenols is 1. The number of halogens is 2. The number of aromatic hydroxyl groups is 1. The van der Waals surface area contributed by atoms with Gasteiger partial charge >= 0.3 is 0 Å². The topological polar surface area (TPSA) is 74.6 Å². The van der Waals surface area contributed by atoms with Crippen LogP contribution in [-0.2, 0) is 10.1 Å². The summed E-state index contributed by atoms with van der Waals surface area (Å²) in [6, 6.07) is 10.5. The molecule has 0 aliphatic carbocycles. The Balaban J connectivity index is 2.72. The van der Waals surface area contributed by atoms with E-state index in [1.54, 1.807) is 18.2 Å². The van der Waals surface area contributed by atoms with E-state index in [0.29, 0.717) is 5.56 Å². The van der Waals surface area contributed by atoms with Gasteiger partial charge in [-0.2, -0.15) is 8.42 Å². The van der Waals surface area contributed by atoms with Crippen molar-refractivity contribution in [2.24, 2.45) is 0 Å². The summed E-state index contributed by atoms with van der Waals surface area (Å²) in [7, 11) is -4.50. The molecular formula is C13H10Cl2O4S. The standard InChI is InChI=1S/C13H10Cl2O4S/c14-9-6-10(12(16)11(15)7-9)13(20(17,18)19)8-4-2-1-3-5-8/h1-7,13,16H,(H,17,18,19). The van der Waals surface area contributed by atoms with E-state index in [4.69, 9.17) is 23.2 Å². The molecule has 0 fully saturated rings. The predicted molar refractivity (Wildman–Crippen MR) is 78.0 cm³/mol. The van der Waals surface area contributed by atoms with Crippen LogP contribution in [0, 0.1) is 0 Å². The zero-order chi connectivity index (χ0) is 14.9. The van der Waals surface area contributed by atoms with Crippen LogP contribution in [0.4, 0.5) is 0 Å². The largest absolute Gasteiger partial charge is 0.506 e. The zero-order valence-corrected chi connectivity index (χ0v) is 12.3. The minimum Gasteiger partial charge on any atom is -0.506 e. The van der Waals surface area contributed by atoms with Crippen LogP contribution in [0.1, 0.15) is 16.4 Å². The van der Waals surface area contributed by atoms with Crippen molar-refractivity contribution in [3.05, 3.63) is 63.6 Å². The lowest BCUT2D eigenvalue weighted by Crippen LogP contribution is -2.14. The summed E-state index contributed by atoms with van der Waals surface area (Å²) in [4.78, 5) is 0. The highest BCUT2D eigenvalue weighted by atomic mass is 35.5. The smallest absolute Gasteiger partial charge is 0.276 e. The first-order chi connectivity index (χ1) is 9.30. The van der Waals surface area contributed by atoms with E-state index in [1.807, 2.05) is 0 Å². The Morgan fingerprint density at radius 1 is 1.05 bits per heavy atom. The average molecular weight is 333 g/mol. The van der Waals surface area contributed by atoms with Gasteiger partial charge in [0, 0.05) is 10.6 Å². The minimum atomic E-state index is -4.50. The molecule has 20 heavy (non-hydrogen) atoms. The Morgan fingerprint density at radius 3 is 2.20 bits per heavy atom. The summed E-state index contributed by atoms with van der Waals surface area (Å²) in [5.41, 5.74) is 0.222. The summed E-state index contributed by atoms with van der Waals surface area (Å²) in [5.74, 6) is -0.428. The molecule has 1 atom stereocenters. The lowest BCUT2D eigenvalue weighted by atomic mass is 10.0. The molecule has 2 N–H and O–H groups in total. The van der Waals surface area contributed by atoms with Crippen LogP contribution in [-0.4, -0.2) is 18.1 Å². The third kappa shape index (κ3) is 3.07. The highest BCUT2D eigenvalue weighted by Gasteiger charge is 2.30. The van der Waals surface area contributed by atoms with Crippen molar-refractivity contribution in [2.45, 2.75) is 5.25 Å². The van der Waals surface area contributed by atoms with Gasteiger partial charge in [0.25, 0.3) is 10.1 Å². The van der Waals surface area contributed by atoms with Crippen molar-refractivity contribution >= 4 is 33.3 Å². The van der Waals surface area contributed by atoms with Crippen LogP contribution in [0.5, 0.6) is 5.75 Å². The van der Waals surface area contributed by atoms with Crippen LogP contribution < -0.4 is 0 Å². The van der Waals surface area contributed by atoms with Crippen molar-refractivity contribution < 1.29 is 18.1 Å². The van der Waals surface area contributed by atoms with E-state index in [0.717, 1.165) is 0 Å². The number of benzene rings is 2. The molecule has 106 valence electrons. The third-order valence-corrected chi connectivity index (χ3v) is 4.37. The quantitative estimate of drug-likeness (QED) is 0.841. The molecule has 0 bridgehead atoms. The Kier molecular flexibility index (Phi) is 4.25. The second-order valence-corrected chi connectivity index (χ2v) is 6.48. The molecule has 0 aliphatic rings. The van der Waals surface area contributed by atoms with Gasteiger partial charge in [0.1, 0.15) is 11.0 Å². The lowest BCUT2D eigenvalue weighted by molar-refractivity contribution is 0.456. The van der Waals surface area contributed by atoms with E-state index >= 15 is 0 Å². The van der Waals surface area contributed by atoms with Crippen LogP contribution >= 0.6 is 23.2 Å². The lowest BCUT2D eigenvalue weighted by Gasteiger charge is -2.17. The van der Waals surface area contributed by atoms with Crippen molar-refractivity contribution in [1.29, 1.82) is 0 Å². The van der Waals surface area contributed by atoms with Gasteiger partial charge < -0.3 is 5.11 Å². The normalized spacial score (nSPS) is 13.2. The van der Waals surface area contributed by atoms with Gasteiger partial charge in [-0.3, -0.25) is 4.55 Å². The number of rotatable bonds is 3. The molecule has 1 unspecified atom stereocenters. The predicted octanol–water partition coefficient (Wildman–Crippen LogP) is 3.68. The fourth-order valence-corrected chi connectivity index (χ4v) is 3.44. The molecule has 0 spiro atoms. The van der Waals surface area contributed by atoms with Gasteiger partial charge in [-0.1, -0.05) is 53.5 Å². The first-order valence-corrected chi connectivity index (χ1v) is 7.76. The summed E-state index contributed by atoms with van der Waals surface area (Å²) in [6.45, 7) is 0. The molecule has 4 nitrogen and oxygen atoms in total. The van der Waals surface area contributed by atoms with Gasteiger partial charge in [-0.15, -0.1) is 0 Å². The zero-order valence-electron chi connectivity index (χ0n) is 9.99.